The molecule has 1 heterocycles. The van der Waals surface area contributed by atoms with E-state index in [2.05, 4.69) is 10.8 Å². The Morgan fingerprint density at radius 3 is 2.84 bits per heavy atom. The zero-order valence-corrected chi connectivity index (χ0v) is 10.8. The van der Waals surface area contributed by atoms with Crippen molar-refractivity contribution < 1.29 is 13.9 Å². The van der Waals surface area contributed by atoms with Gasteiger partial charge in [-0.3, -0.25) is 9.69 Å². The Bertz CT molecular complexity index is 646. The van der Waals surface area contributed by atoms with E-state index >= 15 is 0 Å². The topological polar surface area (TPSA) is 33.9 Å². The van der Waals surface area contributed by atoms with Crippen LogP contribution >= 0.6 is 23.2 Å². The maximum absolute atomic E-state index is 13.5. The van der Waals surface area contributed by atoms with Gasteiger partial charge >= 0.3 is 10.4 Å². The van der Waals surface area contributed by atoms with E-state index in [1.54, 1.807) is 0 Å². The smallest absolute Gasteiger partial charge is 0.339 e. The minimum Gasteiger partial charge on any atom is -0.448 e. The van der Waals surface area contributed by atoms with Crippen molar-refractivity contribution in [2.75, 3.05) is 11.4 Å². The molecule has 1 amide bonds. The zero-order chi connectivity index (χ0) is 14.2. The quantitative estimate of drug-likeness (QED) is 0.454. The number of fused-ring (bicyclic) bond motifs is 1. The molecule has 0 saturated carbocycles. The third kappa shape index (κ3) is 2.19. The number of rotatable bonds is 1. The van der Waals surface area contributed by atoms with Crippen molar-refractivity contribution in [3.05, 3.63) is 29.4 Å². The third-order valence-corrected chi connectivity index (χ3v) is 2.90. The van der Waals surface area contributed by atoms with E-state index in [-0.39, 0.29) is 23.7 Å². The zero-order valence-electron chi connectivity index (χ0n) is 9.28. The van der Waals surface area contributed by atoms with Gasteiger partial charge in [-0.05, 0) is 29.3 Å². The average molecular weight is 299 g/mol. The number of hydrogen-bond acceptors (Lipinski definition) is 2. The number of ether oxygens (including phenoxy) is 1. The molecule has 0 saturated heterocycles. The Hall–Kier alpha value is -1.95. The molecule has 0 radical (unpaired) electrons. The highest BCUT2D eigenvalue weighted by Crippen LogP contribution is 2.44. The van der Waals surface area contributed by atoms with Crippen LogP contribution in [0.3, 0.4) is 0 Å². The van der Waals surface area contributed by atoms with E-state index in [1.807, 2.05) is 0 Å². The van der Waals surface area contributed by atoms with E-state index in [0.29, 0.717) is 0 Å². The number of alkyl halides is 2. The molecular weight excluding hydrogens is 294 g/mol. The largest absolute Gasteiger partial charge is 0.448 e. The lowest BCUT2D eigenvalue weighted by Crippen LogP contribution is -2.49. The number of hydrogen-bond donors (Lipinski definition) is 0. The van der Waals surface area contributed by atoms with Crippen LogP contribution < -0.4 is 9.64 Å². The Kier molecular flexibility index (Phi) is 3.28. The molecule has 0 aromatic heterocycles. The van der Waals surface area contributed by atoms with Gasteiger partial charge < -0.3 is 4.74 Å². The summed E-state index contributed by atoms with van der Waals surface area (Å²) in [6.45, 7) is 6.72. The number of amides is 1. The first-order chi connectivity index (χ1) is 8.90. The predicted molar refractivity (Wildman–Crippen MR) is 68.9 cm³/mol. The van der Waals surface area contributed by atoms with Crippen LogP contribution in [0.25, 0.3) is 4.85 Å². The van der Waals surface area contributed by atoms with Gasteiger partial charge in [0.05, 0.1) is 18.8 Å². The van der Waals surface area contributed by atoms with Crippen LogP contribution in [-0.4, -0.2) is 17.0 Å². The first-order valence-electron chi connectivity index (χ1n) is 4.94. The lowest BCUT2D eigenvalue weighted by molar-refractivity contribution is -0.124. The highest BCUT2D eigenvalue weighted by Gasteiger charge is 2.46. The van der Waals surface area contributed by atoms with Crippen molar-refractivity contribution in [2.24, 2.45) is 0 Å². The monoisotopic (exact) mass is 298 g/mol. The highest BCUT2D eigenvalue weighted by atomic mass is 35.5. The molecule has 0 fully saturated rings. The summed E-state index contributed by atoms with van der Waals surface area (Å²) in [4.78, 5) is 16.0. The number of carbonyl (C=O) groups excluding carboxylic acids is 1. The third-order valence-electron chi connectivity index (χ3n) is 2.42. The Morgan fingerprint density at radius 2 is 2.26 bits per heavy atom. The first kappa shape index (κ1) is 13.5. The average Bonchev–Trinajstić information content (AvgIpc) is 2.34. The maximum Gasteiger partial charge on any atom is 0.339 e. The summed E-state index contributed by atoms with van der Waals surface area (Å²) in [5, 5.41) is 0. The van der Waals surface area contributed by atoms with Gasteiger partial charge in [0.1, 0.15) is 11.6 Å². The van der Waals surface area contributed by atoms with E-state index in [4.69, 9.17) is 40.9 Å². The van der Waals surface area contributed by atoms with Crippen molar-refractivity contribution in [1.82, 2.24) is 0 Å². The van der Waals surface area contributed by atoms with Crippen molar-refractivity contribution >= 4 is 40.5 Å². The van der Waals surface area contributed by atoms with E-state index < -0.39 is 16.2 Å². The van der Waals surface area contributed by atoms with E-state index in [1.165, 1.54) is 0 Å². The SMILES string of the molecule is [C-]#[N+]c1cc2c(cc1F)OC(Cl)(Cl)C(=O)N2CC#C. The number of benzene rings is 1. The predicted octanol–water partition coefficient (Wildman–Crippen LogP) is 2.87. The molecule has 4 nitrogen and oxygen atoms in total. The second-order valence-corrected chi connectivity index (χ2v) is 4.86. The second-order valence-electron chi connectivity index (χ2n) is 3.60. The summed E-state index contributed by atoms with van der Waals surface area (Å²) in [7, 11) is 0. The molecule has 1 aliphatic heterocycles. The fourth-order valence-corrected chi connectivity index (χ4v) is 1.98. The molecule has 7 heteroatoms. The van der Waals surface area contributed by atoms with Crippen molar-refractivity contribution in [2.45, 2.75) is 4.52 Å². The first-order valence-corrected chi connectivity index (χ1v) is 5.69. The lowest BCUT2D eigenvalue weighted by Gasteiger charge is -2.34. The molecule has 96 valence electrons. The lowest BCUT2D eigenvalue weighted by atomic mass is 10.2. The number of nitrogens with zero attached hydrogens (tertiary/aromatic N) is 2. The van der Waals surface area contributed by atoms with Crippen LogP contribution in [0.15, 0.2) is 12.1 Å². The molecule has 0 N–H and O–H groups in total. The van der Waals surface area contributed by atoms with Crippen LogP contribution in [0.4, 0.5) is 15.8 Å². The van der Waals surface area contributed by atoms with Gasteiger partial charge in [0.25, 0.3) is 0 Å². The number of terminal acetylenes is 1. The van der Waals surface area contributed by atoms with Crippen LogP contribution in [-0.2, 0) is 4.79 Å². The van der Waals surface area contributed by atoms with Gasteiger partial charge in [0, 0.05) is 6.07 Å². The van der Waals surface area contributed by atoms with Crippen molar-refractivity contribution in [3.8, 4) is 18.1 Å². The molecule has 0 bridgehead atoms. The van der Waals surface area contributed by atoms with Gasteiger partial charge in [0.2, 0.25) is 5.69 Å². The number of halogens is 3. The van der Waals surface area contributed by atoms with E-state index in [9.17, 15) is 9.18 Å². The standard InChI is InChI=1S/C12H5Cl2FN2O2/c1-3-4-17-9-6-8(16-2)7(15)5-10(9)19-12(13,14)11(17)18/h1,5-6H,4H2. The summed E-state index contributed by atoms with van der Waals surface area (Å²) < 4.78 is 16.4. The fraction of sp³-hybridized carbons (Fsp3) is 0.167. The van der Waals surface area contributed by atoms with Crippen LogP contribution in [0, 0.1) is 24.7 Å². The Balaban J connectivity index is 2.64. The van der Waals surface area contributed by atoms with Crippen LogP contribution in [0.1, 0.15) is 0 Å². The maximum atomic E-state index is 13.5. The molecular formula is C12H5Cl2FN2O2. The molecule has 1 aliphatic rings. The molecule has 1 aromatic carbocycles. The summed E-state index contributed by atoms with van der Waals surface area (Å²) in [6, 6.07) is 2.11. The molecule has 0 aliphatic carbocycles. The Morgan fingerprint density at radius 1 is 1.58 bits per heavy atom. The Labute approximate surface area is 118 Å². The second kappa shape index (κ2) is 4.62. The summed E-state index contributed by atoms with van der Waals surface area (Å²) >= 11 is 11.4. The molecule has 0 atom stereocenters. The van der Waals surface area contributed by atoms with Crippen molar-refractivity contribution in [3.63, 3.8) is 0 Å². The molecule has 19 heavy (non-hydrogen) atoms. The van der Waals surface area contributed by atoms with Gasteiger partial charge in [-0.1, -0.05) is 5.92 Å². The summed E-state index contributed by atoms with van der Waals surface area (Å²) in [5.41, 5.74) is -0.0962. The van der Waals surface area contributed by atoms with Crippen molar-refractivity contribution in [1.29, 1.82) is 0 Å². The van der Waals surface area contributed by atoms with Gasteiger partial charge in [-0.2, -0.15) is 0 Å². The minimum atomic E-state index is -2.17. The number of carbonyl (C=O) groups is 1. The highest BCUT2D eigenvalue weighted by molar-refractivity contribution is 6.58. The number of anilines is 1. The minimum absolute atomic E-state index is 0.0512. The van der Waals surface area contributed by atoms with E-state index in [0.717, 1.165) is 17.0 Å². The fourth-order valence-electron chi connectivity index (χ4n) is 1.61. The van der Waals surface area contributed by atoms with Crippen LogP contribution in [0.2, 0.25) is 0 Å². The van der Waals surface area contributed by atoms with Gasteiger partial charge in [-0.15, -0.1) is 6.42 Å². The normalized spacial score (nSPS) is 16.1. The molecule has 1 aromatic rings. The summed E-state index contributed by atoms with van der Waals surface area (Å²) in [5.74, 6) is 0.622. The van der Waals surface area contributed by atoms with Gasteiger partial charge in [0.15, 0.2) is 0 Å². The van der Waals surface area contributed by atoms with Gasteiger partial charge in [-0.25, -0.2) is 9.24 Å². The molecule has 0 spiro atoms. The molecule has 0 unspecified atom stereocenters. The van der Waals surface area contributed by atoms with Crippen LogP contribution in [0.5, 0.6) is 5.75 Å². The molecule has 2 rings (SSSR count). The summed E-state index contributed by atoms with van der Waals surface area (Å²) in [6.07, 6.45) is 5.16.